The minimum absolute atomic E-state index is 0.177. The summed E-state index contributed by atoms with van der Waals surface area (Å²) in [5.74, 6) is -0.372. The van der Waals surface area contributed by atoms with Crippen molar-refractivity contribution in [2.75, 3.05) is 5.32 Å². The molecule has 0 aromatic carbocycles. The highest BCUT2D eigenvalue weighted by atomic mass is 32.1. The molecule has 2 aromatic heterocycles. The molecule has 2 heterocycles. The standard InChI is InChI=1S/C15H15N5OS2/c1-20-7-6-11(19-20)13(21)17-15(22)18-14-10(8-16)9-4-2-3-5-12(9)23-14/h6-7H,2-5H2,1H3,(H2,17,18,21,22). The Morgan fingerprint density at radius 1 is 1.48 bits per heavy atom. The number of hydrogen-bond donors (Lipinski definition) is 2. The second-order valence-electron chi connectivity index (χ2n) is 5.31. The van der Waals surface area contributed by atoms with E-state index in [9.17, 15) is 10.1 Å². The van der Waals surface area contributed by atoms with Crippen LogP contribution in [-0.2, 0) is 19.9 Å². The van der Waals surface area contributed by atoms with Crippen molar-refractivity contribution in [2.45, 2.75) is 25.7 Å². The number of hydrogen-bond acceptors (Lipinski definition) is 5. The van der Waals surface area contributed by atoms with Gasteiger partial charge in [-0.05, 0) is 49.5 Å². The van der Waals surface area contributed by atoms with E-state index in [2.05, 4.69) is 21.8 Å². The van der Waals surface area contributed by atoms with Crippen molar-refractivity contribution in [3.05, 3.63) is 34.0 Å². The van der Waals surface area contributed by atoms with E-state index in [1.165, 1.54) is 4.88 Å². The van der Waals surface area contributed by atoms with Crippen molar-refractivity contribution in [1.82, 2.24) is 15.1 Å². The lowest BCUT2D eigenvalue weighted by molar-refractivity contribution is 0.0972. The van der Waals surface area contributed by atoms with Crippen molar-refractivity contribution in [3.8, 4) is 6.07 Å². The van der Waals surface area contributed by atoms with Crippen LogP contribution in [0.15, 0.2) is 12.3 Å². The number of fused-ring (bicyclic) bond motifs is 1. The van der Waals surface area contributed by atoms with E-state index in [0.29, 0.717) is 16.3 Å². The first-order valence-corrected chi connectivity index (χ1v) is 8.47. The average molecular weight is 345 g/mol. The van der Waals surface area contributed by atoms with E-state index in [1.807, 2.05) is 0 Å². The van der Waals surface area contributed by atoms with Gasteiger partial charge < -0.3 is 5.32 Å². The number of rotatable bonds is 2. The zero-order valence-corrected chi connectivity index (χ0v) is 14.2. The normalized spacial score (nSPS) is 13.0. The van der Waals surface area contributed by atoms with Gasteiger partial charge in [-0.25, -0.2) is 0 Å². The average Bonchev–Trinajstić information content (AvgIpc) is 3.10. The van der Waals surface area contributed by atoms with Crippen LogP contribution in [-0.4, -0.2) is 20.8 Å². The first-order valence-electron chi connectivity index (χ1n) is 7.25. The monoisotopic (exact) mass is 345 g/mol. The van der Waals surface area contributed by atoms with Gasteiger partial charge in [-0.2, -0.15) is 10.4 Å². The zero-order chi connectivity index (χ0) is 16.4. The van der Waals surface area contributed by atoms with Crippen LogP contribution >= 0.6 is 23.6 Å². The first-order chi connectivity index (χ1) is 11.1. The Morgan fingerprint density at radius 2 is 2.26 bits per heavy atom. The minimum Gasteiger partial charge on any atom is -0.323 e. The third kappa shape index (κ3) is 3.25. The van der Waals surface area contributed by atoms with E-state index in [-0.39, 0.29) is 11.0 Å². The second-order valence-corrected chi connectivity index (χ2v) is 6.82. The third-order valence-corrected chi connectivity index (χ3v) is 5.09. The molecule has 0 radical (unpaired) electrons. The van der Waals surface area contributed by atoms with Crippen molar-refractivity contribution >= 4 is 39.6 Å². The number of amides is 1. The van der Waals surface area contributed by atoms with Gasteiger partial charge in [0.1, 0.15) is 11.1 Å². The Balaban J connectivity index is 1.72. The molecule has 3 rings (SSSR count). The topological polar surface area (TPSA) is 82.7 Å². The molecule has 1 aliphatic carbocycles. The fourth-order valence-corrected chi connectivity index (χ4v) is 4.11. The van der Waals surface area contributed by atoms with Crippen LogP contribution < -0.4 is 10.6 Å². The van der Waals surface area contributed by atoms with Gasteiger partial charge >= 0.3 is 0 Å². The summed E-state index contributed by atoms with van der Waals surface area (Å²) in [5, 5.41) is 19.9. The molecule has 0 atom stereocenters. The highest BCUT2D eigenvalue weighted by molar-refractivity contribution is 7.80. The molecule has 23 heavy (non-hydrogen) atoms. The third-order valence-electron chi connectivity index (χ3n) is 3.68. The van der Waals surface area contributed by atoms with Crippen LogP contribution in [0.3, 0.4) is 0 Å². The van der Waals surface area contributed by atoms with Crippen molar-refractivity contribution < 1.29 is 4.79 Å². The summed E-state index contributed by atoms with van der Waals surface area (Å²) in [5.41, 5.74) is 2.08. The smallest absolute Gasteiger partial charge is 0.277 e. The molecular weight excluding hydrogens is 330 g/mol. The van der Waals surface area contributed by atoms with Crippen molar-refractivity contribution in [3.63, 3.8) is 0 Å². The fraction of sp³-hybridized carbons (Fsp3) is 0.333. The molecule has 118 valence electrons. The molecule has 0 aliphatic heterocycles. The zero-order valence-electron chi connectivity index (χ0n) is 12.5. The molecule has 0 saturated carbocycles. The maximum Gasteiger partial charge on any atom is 0.277 e. The van der Waals surface area contributed by atoms with Gasteiger partial charge in [0, 0.05) is 18.1 Å². The highest BCUT2D eigenvalue weighted by Crippen LogP contribution is 2.37. The van der Waals surface area contributed by atoms with Crippen LogP contribution in [0.4, 0.5) is 5.00 Å². The number of aryl methyl sites for hydroxylation is 2. The number of thiophene rings is 1. The number of anilines is 1. The van der Waals surface area contributed by atoms with Gasteiger partial charge in [0.2, 0.25) is 0 Å². The largest absolute Gasteiger partial charge is 0.323 e. The second kappa shape index (κ2) is 6.48. The van der Waals surface area contributed by atoms with Gasteiger partial charge in [-0.15, -0.1) is 11.3 Å². The number of nitrogens with zero attached hydrogens (tertiary/aromatic N) is 3. The van der Waals surface area contributed by atoms with Gasteiger partial charge in [0.25, 0.3) is 5.91 Å². The predicted octanol–water partition coefficient (Wildman–Crippen LogP) is 2.36. The SMILES string of the molecule is Cn1ccc(C(=O)NC(=S)Nc2sc3c(c2C#N)CCCC3)n1. The van der Waals surface area contributed by atoms with Crippen LogP contribution in [0.25, 0.3) is 0 Å². The van der Waals surface area contributed by atoms with Gasteiger partial charge in [-0.1, -0.05) is 0 Å². The molecule has 1 aliphatic rings. The van der Waals surface area contributed by atoms with Gasteiger partial charge in [-0.3, -0.25) is 14.8 Å². The molecule has 0 unspecified atom stereocenters. The lowest BCUT2D eigenvalue weighted by Crippen LogP contribution is -2.34. The quantitative estimate of drug-likeness (QED) is 0.817. The Hall–Kier alpha value is -2.24. The molecule has 2 N–H and O–H groups in total. The van der Waals surface area contributed by atoms with Gasteiger partial charge in [0.05, 0.1) is 5.56 Å². The van der Waals surface area contributed by atoms with Crippen LogP contribution in [0.2, 0.25) is 0 Å². The molecule has 2 aromatic rings. The van der Waals surface area contributed by atoms with E-state index in [0.717, 1.165) is 31.2 Å². The van der Waals surface area contributed by atoms with Crippen molar-refractivity contribution in [2.24, 2.45) is 7.05 Å². The number of nitrogens with one attached hydrogen (secondary N) is 2. The van der Waals surface area contributed by atoms with Crippen LogP contribution in [0, 0.1) is 11.3 Å². The minimum atomic E-state index is -0.372. The van der Waals surface area contributed by atoms with E-state index in [1.54, 1.807) is 35.3 Å². The van der Waals surface area contributed by atoms with Crippen molar-refractivity contribution in [1.29, 1.82) is 5.26 Å². The van der Waals surface area contributed by atoms with Crippen LogP contribution in [0.1, 0.15) is 39.3 Å². The summed E-state index contributed by atoms with van der Waals surface area (Å²) >= 11 is 6.74. The summed E-state index contributed by atoms with van der Waals surface area (Å²) in [6.45, 7) is 0. The predicted molar refractivity (Wildman–Crippen MR) is 92.6 cm³/mol. The Morgan fingerprint density at radius 3 is 2.96 bits per heavy atom. The summed E-state index contributed by atoms with van der Waals surface area (Å²) in [4.78, 5) is 13.3. The molecular formula is C15H15N5OS2. The van der Waals surface area contributed by atoms with E-state index in [4.69, 9.17) is 12.2 Å². The maximum atomic E-state index is 12.0. The lowest BCUT2D eigenvalue weighted by Gasteiger charge is -2.09. The Kier molecular flexibility index (Phi) is 4.41. The van der Waals surface area contributed by atoms with Gasteiger partial charge in [0.15, 0.2) is 10.8 Å². The number of aromatic nitrogens is 2. The fourth-order valence-electron chi connectivity index (χ4n) is 2.61. The molecule has 0 spiro atoms. The summed E-state index contributed by atoms with van der Waals surface area (Å²) in [6, 6.07) is 3.87. The Labute approximate surface area is 143 Å². The number of carbonyl (C=O) groups excluding carboxylic acids is 1. The Bertz CT molecular complexity index is 814. The molecule has 8 heteroatoms. The molecule has 0 fully saturated rings. The molecule has 0 saturated heterocycles. The summed E-state index contributed by atoms with van der Waals surface area (Å²) < 4.78 is 1.55. The van der Waals surface area contributed by atoms with E-state index >= 15 is 0 Å². The first kappa shape index (κ1) is 15.6. The van der Waals surface area contributed by atoms with E-state index < -0.39 is 0 Å². The number of nitriles is 1. The molecule has 0 bridgehead atoms. The number of thiocarbonyl (C=S) groups is 1. The highest BCUT2D eigenvalue weighted by Gasteiger charge is 2.21. The molecule has 1 amide bonds. The maximum absolute atomic E-state index is 12.0. The van der Waals surface area contributed by atoms with Crippen LogP contribution in [0.5, 0.6) is 0 Å². The molecule has 6 nitrogen and oxygen atoms in total. The number of carbonyl (C=O) groups is 1. The summed E-state index contributed by atoms with van der Waals surface area (Å²) in [6.07, 6.45) is 5.89. The summed E-state index contributed by atoms with van der Waals surface area (Å²) in [7, 11) is 1.74. The lowest BCUT2D eigenvalue weighted by atomic mass is 9.96.